The molecule has 0 radical (unpaired) electrons. The monoisotopic (exact) mass is 851 g/mol. The average molecular weight is 852 g/mol. The molecule has 3 fully saturated rings. The van der Waals surface area contributed by atoms with Gasteiger partial charge in [-0.25, -0.2) is 24.7 Å². The number of imide groups is 1. The van der Waals surface area contributed by atoms with Crippen LogP contribution in [0.1, 0.15) is 80.6 Å². The second-order valence-electron chi connectivity index (χ2n) is 17.9. The van der Waals surface area contributed by atoms with Gasteiger partial charge >= 0.3 is 17.8 Å². The van der Waals surface area contributed by atoms with Gasteiger partial charge in [-0.2, -0.15) is 4.98 Å². The summed E-state index contributed by atoms with van der Waals surface area (Å²) in [5, 5.41) is 10.2. The Balaban J connectivity index is 0.768. The van der Waals surface area contributed by atoms with Crippen LogP contribution < -0.4 is 25.3 Å². The Morgan fingerprint density at radius 3 is 2.27 bits per heavy atom. The van der Waals surface area contributed by atoms with Crippen LogP contribution in [0.15, 0.2) is 71.8 Å². The van der Waals surface area contributed by atoms with E-state index in [4.69, 9.17) is 9.51 Å². The summed E-state index contributed by atoms with van der Waals surface area (Å²) in [6.45, 7) is 17.1. The molecule has 0 bridgehead atoms. The molecular weight excluding hydrogens is 799 g/mol. The van der Waals surface area contributed by atoms with Crippen molar-refractivity contribution in [3.8, 4) is 22.5 Å². The van der Waals surface area contributed by atoms with E-state index < -0.39 is 11.9 Å². The fraction of sp³-hybridized carbons (Fsp3) is 0.413. The molecule has 326 valence electrons. The number of benzene rings is 1. The van der Waals surface area contributed by atoms with Gasteiger partial charge in [0.05, 0.1) is 23.6 Å². The maximum Gasteiger partial charge on any atom is 0.328 e. The molecule has 3 aliphatic rings. The first-order valence-corrected chi connectivity index (χ1v) is 21.7. The van der Waals surface area contributed by atoms with Gasteiger partial charge in [-0.15, -0.1) is 0 Å². The summed E-state index contributed by atoms with van der Waals surface area (Å²) in [4.78, 5) is 72.1. The predicted octanol–water partition coefficient (Wildman–Crippen LogP) is 6.05. The molecule has 4 amide bonds. The smallest absolute Gasteiger partial charge is 0.328 e. The number of hydrogen-bond acceptors (Lipinski definition) is 13. The Bertz CT molecular complexity index is 2620. The van der Waals surface area contributed by atoms with E-state index in [9.17, 15) is 14.4 Å². The summed E-state index contributed by atoms with van der Waals surface area (Å²) in [5.41, 5.74) is 6.76. The van der Waals surface area contributed by atoms with E-state index in [1.807, 2.05) is 65.1 Å². The molecule has 0 spiro atoms. The molecule has 3 aliphatic heterocycles. The number of amides is 4. The number of urea groups is 1. The maximum absolute atomic E-state index is 12.9. The third-order valence-corrected chi connectivity index (χ3v) is 12.4. The molecule has 0 saturated carbocycles. The van der Waals surface area contributed by atoms with Gasteiger partial charge in [0.25, 0.3) is 0 Å². The molecule has 3 saturated heterocycles. The van der Waals surface area contributed by atoms with Crippen molar-refractivity contribution in [3.63, 3.8) is 0 Å². The minimum Gasteiger partial charge on any atom is -0.357 e. The van der Waals surface area contributed by atoms with Gasteiger partial charge in [0.1, 0.15) is 23.6 Å². The van der Waals surface area contributed by atoms with E-state index in [0.717, 1.165) is 115 Å². The van der Waals surface area contributed by atoms with E-state index >= 15 is 0 Å². The SMILES string of the molecule is Cc1cc(-c2ncnc3[nH]c(-c4ccc(N5CCC(CN6CCN(c7ccc(N8CCC(=O)NC8=O)cn7)CC6)CC5)nc4)cc23)ccc1[C@@H](C)NC(=O)c1nc(C(C)(C)C)no1. The molecule has 17 heteroatoms. The molecule has 1 aromatic carbocycles. The normalized spacial score (nSPS) is 17.3. The number of piperidine rings is 1. The lowest BCUT2D eigenvalue weighted by Gasteiger charge is -2.39. The van der Waals surface area contributed by atoms with Crippen molar-refractivity contribution in [1.29, 1.82) is 0 Å². The fourth-order valence-electron chi connectivity index (χ4n) is 8.73. The van der Waals surface area contributed by atoms with Crippen LogP contribution in [0.2, 0.25) is 0 Å². The number of hydrogen-bond donors (Lipinski definition) is 3. The number of rotatable bonds is 10. The first kappa shape index (κ1) is 41.6. The molecular formula is C46H53N13O4. The highest BCUT2D eigenvalue weighted by Crippen LogP contribution is 2.33. The molecule has 0 unspecified atom stereocenters. The number of carbonyl (C=O) groups is 3. The lowest BCUT2D eigenvalue weighted by atomic mass is 9.96. The van der Waals surface area contributed by atoms with E-state index in [-0.39, 0.29) is 23.3 Å². The summed E-state index contributed by atoms with van der Waals surface area (Å²) in [6, 6.07) is 15.6. The number of carbonyl (C=O) groups excluding carboxylic acids is 3. The topological polar surface area (TPSA) is 194 Å². The van der Waals surface area contributed by atoms with Crippen LogP contribution in [0.3, 0.4) is 0 Å². The minimum absolute atomic E-state index is 0.0510. The van der Waals surface area contributed by atoms with Crippen LogP contribution >= 0.6 is 0 Å². The summed E-state index contributed by atoms with van der Waals surface area (Å²) < 4.78 is 5.25. The van der Waals surface area contributed by atoms with E-state index in [2.05, 4.69) is 79.7 Å². The Kier molecular flexibility index (Phi) is 11.4. The highest BCUT2D eigenvalue weighted by molar-refractivity contribution is 6.05. The van der Waals surface area contributed by atoms with Crippen LogP contribution in [-0.4, -0.2) is 110 Å². The average Bonchev–Trinajstić information content (AvgIpc) is 3.97. The van der Waals surface area contributed by atoms with Crippen LogP contribution in [0.25, 0.3) is 33.5 Å². The second kappa shape index (κ2) is 17.2. The van der Waals surface area contributed by atoms with E-state index in [1.54, 1.807) is 17.4 Å². The number of pyridine rings is 2. The minimum atomic E-state index is -0.412. The fourth-order valence-corrected chi connectivity index (χ4v) is 8.73. The van der Waals surface area contributed by atoms with Crippen molar-refractivity contribution >= 4 is 46.2 Å². The van der Waals surface area contributed by atoms with Crippen molar-refractivity contribution in [2.24, 2.45) is 5.92 Å². The molecule has 63 heavy (non-hydrogen) atoms. The van der Waals surface area contributed by atoms with Crippen molar-refractivity contribution in [3.05, 3.63) is 90.1 Å². The van der Waals surface area contributed by atoms with E-state index in [0.29, 0.717) is 30.4 Å². The van der Waals surface area contributed by atoms with Gasteiger partial charge in [-0.1, -0.05) is 38.1 Å². The van der Waals surface area contributed by atoms with Crippen LogP contribution in [-0.2, 0) is 10.2 Å². The van der Waals surface area contributed by atoms with Crippen molar-refractivity contribution < 1.29 is 18.9 Å². The lowest BCUT2D eigenvalue weighted by molar-refractivity contribution is -0.120. The molecule has 0 aliphatic carbocycles. The number of nitrogens with one attached hydrogen (secondary N) is 3. The van der Waals surface area contributed by atoms with Gasteiger partial charge in [-0.05, 0) is 80.1 Å². The lowest BCUT2D eigenvalue weighted by Crippen LogP contribution is -2.50. The number of H-pyrrole nitrogens is 1. The largest absolute Gasteiger partial charge is 0.357 e. The summed E-state index contributed by atoms with van der Waals surface area (Å²) in [7, 11) is 0. The second-order valence-corrected chi connectivity index (χ2v) is 17.9. The first-order chi connectivity index (χ1) is 30.4. The number of piperazine rings is 1. The summed E-state index contributed by atoms with van der Waals surface area (Å²) in [6.07, 6.45) is 7.77. The zero-order chi connectivity index (χ0) is 43.8. The maximum atomic E-state index is 12.9. The van der Waals surface area contributed by atoms with E-state index in [1.165, 1.54) is 0 Å². The third-order valence-electron chi connectivity index (χ3n) is 12.4. The number of aromatic amines is 1. The summed E-state index contributed by atoms with van der Waals surface area (Å²) >= 11 is 0. The molecule has 3 N–H and O–H groups in total. The third kappa shape index (κ3) is 8.96. The number of nitrogens with zero attached hydrogens (tertiary/aromatic N) is 10. The van der Waals surface area contributed by atoms with Gasteiger partial charge in [0.2, 0.25) is 5.91 Å². The number of aromatic nitrogens is 7. The van der Waals surface area contributed by atoms with Crippen molar-refractivity contribution in [2.45, 2.75) is 65.3 Å². The van der Waals surface area contributed by atoms with Crippen LogP contribution in [0.5, 0.6) is 0 Å². The molecule has 6 aromatic rings. The van der Waals surface area contributed by atoms with Gasteiger partial charge in [0, 0.05) is 92.6 Å². The quantitative estimate of drug-likeness (QED) is 0.144. The highest BCUT2D eigenvalue weighted by Gasteiger charge is 2.28. The molecule has 8 heterocycles. The molecule has 9 rings (SSSR count). The van der Waals surface area contributed by atoms with Crippen molar-refractivity contribution in [2.75, 3.05) is 67.1 Å². The summed E-state index contributed by atoms with van der Waals surface area (Å²) in [5.74, 6) is 2.32. The Hall–Kier alpha value is -6.75. The standard InChI is InChI=1S/C46H53N13O4/c1-28-22-31(6-9-34(28)29(2)51-42(61)43-54-44(55-63-43)46(3,4)5)40-35-23-36(52-41(35)50-27-49-40)32-7-10-37(47-24-32)57-15-12-30(13-16-57)26-56-18-20-58(21-19-56)38-11-8-33(25-48-38)59-17-14-39(60)53-45(59)62/h6-11,22-25,27,29-30H,12-21,26H2,1-5H3,(H,51,61)(H,49,50,52)(H,53,60,62)/t29-/m1/s1. The Morgan fingerprint density at radius 2 is 1.60 bits per heavy atom. The predicted molar refractivity (Wildman–Crippen MR) is 240 cm³/mol. The number of anilines is 3. The first-order valence-electron chi connectivity index (χ1n) is 21.7. The molecule has 17 nitrogen and oxygen atoms in total. The number of fused-ring (bicyclic) bond motifs is 1. The zero-order valence-electron chi connectivity index (χ0n) is 36.4. The number of aryl methyl sites for hydroxylation is 1. The zero-order valence-corrected chi connectivity index (χ0v) is 36.4. The van der Waals surface area contributed by atoms with Gasteiger partial charge in [-0.3, -0.25) is 24.7 Å². The Labute approximate surface area is 365 Å². The van der Waals surface area contributed by atoms with Gasteiger partial charge < -0.3 is 24.6 Å². The highest BCUT2D eigenvalue weighted by atomic mass is 16.5. The van der Waals surface area contributed by atoms with Crippen LogP contribution in [0, 0.1) is 12.8 Å². The van der Waals surface area contributed by atoms with Crippen LogP contribution in [0.4, 0.5) is 22.1 Å². The molecule has 5 aromatic heterocycles. The van der Waals surface area contributed by atoms with Crippen molar-refractivity contribution in [1.82, 2.24) is 50.6 Å². The van der Waals surface area contributed by atoms with Gasteiger partial charge in [0.15, 0.2) is 5.82 Å². The Morgan fingerprint density at radius 1 is 0.873 bits per heavy atom. The molecule has 1 atom stereocenters.